The third-order valence-corrected chi connectivity index (χ3v) is 3.47. The molecule has 0 bridgehead atoms. The Labute approximate surface area is 124 Å². The van der Waals surface area contributed by atoms with Crippen molar-refractivity contribution in [2.24, 2.45) is 5.14 Å². The van der Waals surface area contributed by atoms with E-state index in [4.69, 9.17) is 10.2 Å². The van der Waals surface area contributed by atoms with Crippen molar-refractivity contribution in [1.82, 2.24) is 5.32 Å². The fourth-order valence-electron chi connectivity index (χ4n) is 1.66. The molecule has 1 aromatic carbocycles. The minimum Gasteiger partial charge on any atom is -0.384 e. The number of primary sulfonamides is 1. The summed E-state index contributed by atoms with van der Waals surface area (Å²) in [5, 5.41) is 16.2. The average molecular weight is 310 g/mol. The number of benzene rings is 1. The third kappa shape index (κ3) is 6.40. The molecule has 0 aromatic heterocycles. The molecule has 0 unspecified atom stereocenters. The Morgan fingerprint density at radius 3 is 2.76 bits per heavy atom. The number of hydrogen-bond donors (Lipinski definition) is 3. The number of hydrogen-bond acceptors (Lipinski definition) is 4. The van der Waals surface area contributed by atoms with Crippen LogP contribution < -0.4 is 10.5 Å². The lowest BCUT2D eigenvalue weighted by Crippen LogP contribution is -2.28. The second kappa shape index (κ2) is 7.78. The van der Waals surface area contributed by atoms with Gasteiger partial charge in [0.25, 0.3) is 5.91 Å². The molecule has 0 aliphatic carbocycles. The lowest BCUT2D eigenvalue weighted by atomic mass is 10.0. The Bertz CT molecular complexity index is 672. The van der Waals surface area contributed by atoms with Crippen LogP contribution in [-0.2, 0) is 10.0 Å². The number of nitrogens with two attached hydrogens (primary N) is 1. The molecule has 114 valence electrons. The van der Waals surface area contributed by atoms with E-state index in [9.17, 15) is 13.2 Å². The van der Waals surface area contributed by atoms with Gasteiger partial charge in [0, 0.05) is 12.1 Å². The van der Waals surface area contributed by atoms with Crippen molar-refractivity contribution in [3.05, 3.63) is 34.9 Å². The first-order valence-corrected chi connectivity index (χ1v) is 8.04. The first-order valence-electron chi connectivity index (χ1n) is 6.32. The number of carbonyl (C=O) groups excluding carboxylic acids is 1. The molecule has 0 atom stereocenters. The normalized spacial score (nSPS) is 10.6. The molecule has 0 aliphatic heterocycles. The van der Waals surface area contributed by atoms with Gasteiger partial charge in [-0.25, -0.2) is 13.6 Å². The van der Waals surface area contributed by atoms with Crippen LogP contribution in [0.3, 0.4) is 0 Å². The van der Waals surface area contributed by atoms with E-state index in [2.05, 4.69) is 17.2 Å². The van der Waals surface area contributed by atoms with Crippen molar-refractivity contribution in [3.8, 4) is 11.8 Å². The maximum absolute atomic E-state index is 12.1. The highest BCUT2D eigenvalue weighted by atomic mass is 32.2. The van der Waals surface area contributed by atoms with E-state index in [0.717, 1.165) is 5.56 Å². The number of sulfonamides is 1. The molecule has 0 aliphatic rings. The highest BCUT2D eigenvalue weighted by Gasteiger charge is 2.10. The fraction of sp³-hybridized carbons (Fsp3) is 0.357. The summed E-state index contributed by atoms with van der Waals surface area (Å²) in [7, 11) is -3.52. The quantitative estimate of drug-likeness (QED) is 0.514. The number of carbonyl (C=O) groups is 1. The van der Waals surface area contributed by atoms with Crippen LogP contribution in [0.15, 0.2) is 18.2 Å². The summed E-state index contributed by atoms with van der Waals surface area (Å²) in [6.07, 6.45) is 0.244. The van der Waals surface area contributed by atoms with Crippen LogP contribution in [0.2, 0.25) is 0 Å². The Morgan fingerprint density at radius 2 is 2.14 bits per heavy atom. The Hall–Kier alpha value is -1.88. The summed E-state index contributed by atoms with van der Waals surface area (Å²) in [5.41, 5.74) is 1.81. The zero-order valence-electron chi connectivity index (χ0n) is 11.7. The summed E-state index contributed by atoms with van der Waals surface area (Å²) in [6, 6.07) is 5.22. The first-order chi connectivity index (χ1) is 9.83. The van der Waals surface area contributed by atoms with E-state index < -0.39 is 10.0 Å². The average Bonchev–Trinajstić information content (AvgIpc) is 2.41. The molecule has 1 aromatic rings. The molecule has 1 amide bonds. The number of amides is 1. The Morgan fingerprint density at radius 1 is 1.43 bits per heavy atom. The van der Waals surface area contributed by atoms with Gasteiger partial charge in [0.1, 0.15) is 6.61 Å². The van der Waals surface area contributed by atoms with E-state index in [1.54, 1.807) is 12.1 Å². The largest absolute Gasteiger partial charge is 0.384 e. The van der Waals surface area contributed by atoms with Gasteiger partial charge >= 0.3 is 0 Å². The molecule has 21 heavy (non-hydrogen) atoms. The minimum atomic E-state index is -3.52. The highest BCUT2D eigenvalue weighted by molar-refractivity contribution is 7.89. The maximum Gasteiger partial charge on any atom is 0.252 e. The second-order valence-electron chi connectivity index (χ2n) is 4.49. The molecule has 1 rings (SSSR count). The van der Waals surface area contributed by atoms with Crippen LogP contribution in [0.25, 0.3) is 0 Å². The maximum atomic E-state index is 12.1. The number of aliphatic hydroxyl groups is 1. The van der Waals surface area contributed by atoms with Crippen LogP contribution in [0.4, 0.5) is 0 Å². The van der Waals surface area contributed by atoms with Crippen LogP contribution in [0, 0.1) is 18.8 Å². The number of aryl methyl sites for hydroxylation is 1. The predicted octanol–water partition coefficient (Wildman–Crippen LogP) is -0.253. The molecule has 0 fully saturated rings. The van der Waals surface area contributed by atoms with Gasteiger partial charge < -0.3 is 10.4 Å². The van der Waals surface area contributed by atoms with Crippen molar-refractivity contribution in [2.75, 3.05) is 18.9 Å². The van der Waals surface area contributed by atoms with Crippen molar-refractivity contribution >= 4 is 15.9 Å². The van der Waals surface area contributed by atoms with Gasteiger partial charge in [-0.15, -0.1) is 0 Å². The van der Waals surface area contributed by atoms with Crippen LogP contribution in [-0.4, -0.2) is 38.3 Å². The van der Waals surface area contributed by atoms with Crippen LogP contribution in [0.5, 0.6) is 0 Å². The molecule has 0 saturated carbocycles. The summed E-state index contributed by atoms with van der Waals surface area (Å²) in [5.74, 6) is 4.69. The zero-order chi connectivity index (χ0) is 15.9. The summed E-state index contributed by atoms with van der Waals surface area (Å²) in [4.78, 5) is 12.1. The molecular formula is C14H18N2O4S. The second-order valence-corrected chi connectivity index (χ2v) is 6.22. The van der Waals surface area contributed by atoms with Crippen molar-refractivity contribution in [3.63, 3.8) is 0 Å². The fourth-order valence-corrected chi connectivity index (χ4v) is 2.21. The first kappa shape index (κ1) is 17.2. The van der Waals surface area contributed by atoms with E-state index in [1.807, 2.05) is 13.0 Å². The van der Waals surface area contributed by atoms with Gasteiger partial charge in [-0.1, -0.05) is 23.5 Å². The highest BCUT2D eigenvalue weighted by Crippen LogP contribution is 2.10. The monoisotopic (exact) mass is 310 g/mol. The zero-order valence-corrected chi connectivity index (χ0v) is 12.5. The van der Waals surface area contributed by atoms with E-state index in [0.29, 0.717) is 11.1 Å². The molecule has 6 nitrogen and oxygen atoms in total. The van der Waals surface area contributed by atoms with Gasteiger partial charge in [-0.2, -0.15) is 0 Å². The number of aliphatic hydroxyl groups excluding tert-OH is 1. The molecule has 4 N–H and O–H groups in total. The van der Waals surface area contributed by atoms with Crippen LogP contribution >= 0.6 is 0 Å². The van der Waals surface area contributed by atoms with Gasteiger partial charge in [0.15, 0.2) is 0 Å². The molecule has 0 heterocycles. The van der Waals surface area contributed by atoms with Gasteiger partial charge in [-0.05, 0) is 25.5 Å². The van der Waals surface area contributed by atoms with Crippen molar-refractivity contribution in [2.45, 2.75) is 13.3 Å². The lowest BCUT2D eigenvalue weighted by Gasteiger charge is -2.07. The van der Waals surface area contributed by atoms with E-state index in [-0.39, 0.29) is 31.2 Å². The van der Waals surface area contributed by atoms with E-state index in [1.165, 1.54) is 0 Å². The molecular weight excluding hydrogens is 292 g/mol. The molecule has 0 spiro atoms. The third-order valence-electron chi connectivity index (χ3n) is 2.61. The van der Waals surface area contributed by atoms with Gasteiger partial charge in [-0.3, -0.25) is 4.79 Å². The van der Waals surface area contributed by atoms with Gasteiger partial charge in [0.05, 0.1) is 11.3 Å². The van der Waals surface area contributed by atoms with Crippen molar-refractivity contribution in [1.29, 1.82) is 0 Å². The molecule has 7 heteroatoms. The number of rotatable bonds is 5. The minimum absolute atomic E-state index is 0.182. The molecule has 0 saturated heterocycles. The lowest BCUT2D eigenvalue weighted by molar-refractivity contribution is 0.0953. The van der Waals surface area contributed by atoms with Crippen LogP contribution in [0.1, 0.15) is 27.9 Å². The smallest absolute Gasteiger partial charge is 0.252 e. The van der Waals surface area contributed by atoms with E-state index >= 15 is 0 Å². The summed E-state index contributed by atoms with van der Waals surface area (Å²) < 4.78 is 21.6. The SMILES string of the molecule is Cc1ccc(C#CCO)c(C(=O)NCCCS(N)(=O)=O)c1. The summed E-state index contributed by atoms with van der Waals surface area (Å²) in [6.45, 7) is 1.76. The summed E-state index contributed by atoms with van der Waals surface area (Å²) >= 11 is 0. The topological polar surface area (TPSA) is 109 Å². The standard InChI is InChI=1S/C14H18N2O4S/c1-11-5-6-12(4-2-8-17)13(10-11)14(18)16-7-3-9-21(15,19)20/h5-6,10,17H,3,7-9H2,1H3,(H,16,18)(H2,15,19,20). The Kier molecular flexibility index (Phi) is 6.37. The van der Waals surface area contributed by atoms with Crippen molar-refractivity contribution < 1.29 is 18.3 Å². The molecule has 0 radical (unpaired) electrons. The predicted molar refractivity (Wildman–Crippen MR) is 80.1 cm³/mol. The van der Waals surface area contributed by atoms with Gasteiger partial charge in [0.2, 0.25) is 10.0 Å². The number of nitrogens with one attached hydrogen (secondary N) is 1. The Balaban J connectivity index is 2.75.